The molecule has 2 aliphatic carbocycles. The molecule has 2 fully saturated rings. The topological polar surface area (TPSA) is 64.3 Å². The standard InChI is InChI=1S/C17H32N2O2/c1-11(2)13-8-7-12(3)10-14(13)21-16(20)19-15-6-5-9-17(15,4)18/h11-15H,5-10,18H2,1-4H3,(H,19,20)/t12-,13+,14?,15?,17?/m1/s1. The van der Waals surface area contributed by atoms with E-state index >= 15 is 0 Å². The molecule has 0 heterocycles. The Morgan fingerprint density at radius 1 is 1.33 bits per heavy atom. The third kappa shape index (κ3) is 4.12. The Morgan fingerprint density at radius 2 is 2.05 bits per heavy atom. The molecule has 21 heavy (non-hydrogen) atoms. The first-order chi connectivity index (χ1) is 9.79. The van der Waals surface area contributed by atoms with Crippen LogP contribution >= 0.6 is 0 Å². The van der Waals surface area contributed by atoms with Crippen molar-refractivity contribution in [2.45, 2.75) is 83.9 Å². The summed E-state index contributed by atoms with van der Waals surface area (Å²) in [6.07, 6.45) is 6.17. The first-order valence-corrected chi connectivity index (χ1v) is 8.55. The number of amides is 1. The van der Waals surface area contributed by atoms with Crippen LogP contribution in [0.1, 0.15) is 66.2 Å². The summed E-state index contributed by atoms with van der Waals surface area (Å²) >= 11 is 0. The molecular formula is C17H32N2O2. The zero-order valence-electron chi connectivity index (χ0n) is 14.0. The van der Waals surface area contributed by atoms with Crippen molar-refractivity contribution in [2.75, 3.05) is 0 Å². The van der Waals surface area contributed by atoms with E-state index in [2.05, 4.69) is 26.1 Å². The van der Waals surface area contributed by atoms with Crippen molar-refractivity contribution in [3.63, 3.8) is 0 Å². The predicted molar refractivity (Wildman–Crippen MR) is 85.0 cm³/mol. The molecule has 122 valence electrons. The third-order valence-electron chi connectivity index (χ3n) is 5.52. The average molecular weight is 296 g/mol. The van der Waals surface area contributed by atoms with Crippen LogP contribution < -0.4 is 11.1 Å². The Morgan fingerprint density at radius 3 is 2.62 bits per heavy atom. The highest BCUT2D eigenvalue weighted by Crippen LogP contribution is 2.35. The van der Waals surface area contributed by atoms with Gasteiger partial charge in [0.15, 0.2) is 0 Å². The number of carbonyl (C=O) groups excluding carboxylic acids is 1. The molecule has 0 aromatic heterocycles. The molecule has 2 rings (SSSR count). The summed E-state index contributed by atoms with van der Waals surface area (Å²) in [5, 5.41) is 3.00. The van der Waals surface area contributed by atoms with E-state index < -0.39 is 0 Å². The largest absolute Gasteiger partial charge is 0.446 e. The Hall–Kier alpha value is -0.770. The second kappa shape index (κ2) is 6.55. The highest BCUT2D eigenvalue weighted by atomic mass is 16.6. The fourth-order valence-corrected chi connectivity index (χ4v) is 3.99. The summed E-state index contributed by atoms with van der Waals surface area (Å²) < 4.78 is 5.79. The highest BCUT2D eigenvalue weighted by Gasteiger charge is 2.38. The van der Waals surface area contributed by atoms with Crippen LogP contribution in [-0.2, 0) is 4.74 Å². The molecule has 1 amide bonds. The van der Waals surface area contributed by atoms with E-state index in [1.54, 1.807) is 0 Å². The number of ether oxygens (including phenoxy) is 1. The Labute approximate surface area is 129 Å². The number of carbonyl (C=O) groups is 1. The Bertz CT molecular complexity index is 368. The Kier molecular flexibility index (Phi) is 5.18. The van der Waals surface area contributed by atoms with Crippen molar-refractivity contribution in [3.05, 3.63) is 0 Å². The first kappa shape index (κ1) is 16.6. The number of rotatable bonds is 3. The summed E-state index contributed by atoms with van der Waals surface area (Å²) in [6.45, 7) is 8.72. The minimum absolute atomic E-state index is 0.0449. The van der Waals surface area contributed by atoms with Gasteiger partial charge in [-0.05, 0) is 56.8 Å². The second-order valence-electron chi connectivity index (χ2n) is 7.86. The molecule has 3 N–H and O–H groups in total. The van der Waals surface area contributed by atoms with Gasteiger partial charge in [-0.15, -0.1) is 0 Å². The van der Waals surface area contributed by atoms with Gasteiger partial charge in [-0.2, -0.15) is 0 Å². The molecule has 0 aromatic rings. The number of hydrogen-bond acceptors (Lipinski definition) is 3. The predicted octanol–water partition coefficient (Wildman–Crippen LogP) is 3.44. The molecule has 2 saturated carbocycles. The van der Waals surface area contributed by atoms with Crippen molar-refractivity contribution >= 4 is 6.09 Å². The average Bonchev–Trinajstić information content (AvgIpc) is 2.68. The molecule has 0 radical (unpaired) electrons. The van der Waals surface area contributed by atoms with Gasteiger partial charge < -0.3 is 15.8 Å². The second-order valence-corrected chi connectivity index (χ2v) is 7.86. The van der Waals surface area contributed by atoms with Crippen molar-refractivity contribution in [3.8, 4) is 0 Å². The van der Waals surface area contributed by atoms with Crippen LogP contribution in [0.25, 0.3) is 0 Å². The van der Waals surface area contributed by atoms with Crippen molar-refractivity contribution in [1.29, 1.82) is 0 Å². The van der Waals surface area contributed by atoms with Gasteiger partial charge in [0.25, 0.3) is 0 Å². The van der Waals surface area contributed by atoms with E-state index in [0.29, 0.717) is 17.8 Å². The summed E-state index contributed by atoms with van der Waals surface area (Å²) in [5.74, 6) is 1.69. The smallest absolute Gasteiger partial charge is 0.407 e. The van der Waals surface area contributed by atoms with Gasteiger partial charge >= 0.3 is 6.09 Å². The molecule has 5 atom stereocenters. The van der Waals surface area contributed by atoms with Gasteiger partial charge in [-0.25, -0.2) is 4.79 Å². The SMILES string of the molecule is CC(C)[C@@H]1CC[C@@H](C)CC1OC(=O)NC1CCCC1(C)N. The molecule has 0 aromatic carbocycles. The minimum Gasteiger partial charge on any atom is -0.446 e. The minimum atomic E-state index is -0.295. The van der Waals surface area contributed by atoms with Gasteiger partial charge in [-0.1, -0.05) is 27.2 Å². The summed E-state index contributed by atoms with van der Waals surface area (Å²) in [5.41, 5.74) is 5.94. The molecule has 0 aliphatic heterocycles. The van der Waals surface area contributed by atoms with Crippen molar-refractivity contribution in [2.24, 2.45) is 23.5 Å². The van der Waals surface area contributed by atoms with Crippen molar-refractivity contribution < 1.29 is 9.53 Å². The van der Waals surface area contributed by atoms with E-state index in [1.807, 2.05) is 6.92 Å². The lowest BCUT2D eigenvalue weighted by atomic mass is 9.75. The monoisotopic (exact) mass is 296 g/mol. The quantitative estimate of drug-likeness (QED) is 0.838. The van der Waals surface area contributed by atoms with Gasteiger partial charge in [0.05, 0.1) is 0 Å². The highest BCUT2D eigenvalue weighted by molar-refractivity contribution is 5.68. The number of nitrogens with two attached hydrogens (primary N) is 1. The van der Waals surface area contributed by atoms with Gasteiger partial charge in [0.1, 0.15) is 6.10 Å². The van der Waals surface area contributed by atoms with Crippen LogP contribution in [0, 0.1) is 17.8 Å². The van der Waals surface area contributed by atoms with Crippen LogP contribution in [0.5, 0.6) is 0 Å². The number of nitrogens with one attached hydrogen (secondary N) is 1. The zero-order chi connectivity index (χ0) is 15.6. The molecule has 3 unspecified atom stereocenters. The molecule has 0 saturated heterocycles. The van der Waals surface area contributed by atoms with Crippen LogP contribution in [0.4, 0.5) is 4.79 Å². The maximum atomic E-state index is 12.2. The van der Waals surface area contributed by atoms with E-state index in [1.165, 1.54) is 6.42 Å². The van der Waals surface area contributed by atoms with E-state index in [4.69, 9.17) is 10.5 Å². The number of hydrogen-bond donors (Lipinski definition) is 2. The molecule has 2 aliphatic rings. The van der Waals surface area contributed by atoms with Crippen LogP contribution in [-0.4, -0.2) is 23.8 Å². The molecule has 0 spiro atoms. The summed E-state index contributed by atoms with van der Waals surface area (Å²) in [7, 11) is 0. The van der Waals surface area contributed by atoms with Gasteiger partial charge in [-0.3, -0.25) is 0 Å². The maximum absolute atomic E-state index is 12.2. The lowest BCUT2D eigenvalue weighted by Gasteiger charge is -2.37. The maximum Gasteiger partial charge on any atom is 0.407 e. The number of alkyl carbamates (subject to hydrolysis) is 1. The first-order valence-electron chi connectivity index (χ1n) is 8.55. The van der Waals surface area contributed by atoms with E-state index in [-0.39, 0.29) is 23.8 Å². The fourth-order valence-electron chi connectivity index (χ4n) is 3.99. The summed E-state index contributed by atoms with van der Waals surface area (Å²) in [6, 6.07) is 0.0449. The fraction of sp³-hybridized carbons (Fsp3) is 0.941. The van der Waals surface area contributed by atoms with E-state index in [0.717, 1.165) is 32.1 Å². The van der Waals surface area contributed by atoms with Crippen LogP contribution in [0.2, 0.25) is 0 Å². The van der Waals surface area contributed by atoms with Crippen LogP contribution in [0.3, 0.4) is 0 Å². The zero-order valence-corrected chi connectivity index (χ0v) is 14.0. The van der Waals surface area contributed by atoms with Gasteiger partial charge in [0, 0.05) is 11.6 Å². The molecule has 4 heteroatoms. The molecule has 4 nitrogen and oxygen atoms in total. The van der Waals surface area contributed by atoms with Crippen molar-refractivity contribution in [1.82, 2.24) is 5.32 Å². The van der Waals surface area contributed by atoms with Gasteiger partial charge in [0.2, 0.25) is 0 Å². The van der Waals surface area contributed by atoms with Crippen LogP contribution in [0.15, 0.2) is 0 Å². The van der Waals surface area contributed by atoms with E-state index in [9.17, 15) is 4.79 Å². The Balaban J connectivity index is 1.91. The summed E-state index contributed by atoms with van der Waals surface area (Å²) in [4.78, 5) is 12.2. The third-order valence-corrected chi connectivity index (χ3v) is 5.52. The molecular weight excluding hydrogens is 264 g/mol. The lowest BCUT2D eigenvalue weighted by molar-refractivity contribution is 0.00424. The lowest BCUT2D eigenvalue weighted by Crippen LogP contribution is -2.53. The normalized spacial score (nSPS) is 40.3. The molecule has 0 bridgehead atoms.